The maximum atomic E-state index is 4.71. The molecule has 4 nitrogen and oxygen atoms in total. The third kappa shape index (κ3) is 3.31. The smallest absolute Gasteiger partial charge is 0.0853 e. The number of hydrogen-bond donors (Lipinski definition) is 0. The molecule has 0 amide bonds. The molecule has 0 bridgehead atoms. The van der Waals surface area contributed by atoms with Gasteiger partial charge in [-0.15, -0.1) is 11.3 Å². The van der Waals surface area contributed by atoms with Crippen LogP contribution in [0.15, 0.2) is 103 Å². The Kier molecular flexibility index (Phi) is 5.12. The van der Waals surface area contributed by atoms with Crippen LogP contribution in [-0.4, -0.2) is 18.9 Å². The van der Waals surface area contributed by atoms with Crippen LogP contribution in [0, 0.1) is 0 Å². The lowest BCUT2D eigenvalue weighted by molar-refractivity contribution is 0.593. The number of rotatable bonds is 3. The minimum absolute atomic E-state index is 0.375. The van der Waals surface area contributed by atoms with Crippen LogP contribution in [0.4, 0.5) is 0 Å². The third-order valence-electron chi connectivity index (χ3n) is 9.00. The molecule has 0 saturated carbocycles. The molecule has 0 saturated heterocycles. The molecule has 0 radical (unpaired) electrons. The van der Waals surface area contributed by atoms with Crippen LogP contribution >= 0.6 is 11.3 Å². The Morgan fingerprint density at radius 2 is 1.45 bits per heavy atom. The van der Waals surface area contributed by atoms with Crippen molar-refractivity contribution in [3.8, 4) is 22.8 Å². The second-order valence-electron chi connectivity index (χ2n) is 11.8. The zero-order valence-corrected chi connectivity index (χ0v) is 24.5. The Morgan fingerprint density at radius 3 is 2.21 bits per heavy atom. The molecule has 0 aliphatic carbocycles. The van der Waals surface area contributed by atoms with Crippen LogP contribution in [-0.2, 0) is 13.0 Å². The van der Waals surface area contributed by atoms with Crippen molar-refractivity contribution in [3.63, 3.8) is 0 Å². The van der Waals surface area contributed by atoms with Gasteiger partial charge in [0.25, 0.3) is 0 Å². The number of aromatic nitrogens is 4. The zero-order valence-electron chi connectivity index (χ0n) is 23.7. The largest absolute Gasteiger partial charge is 0.311 e. The summed E-state index contributed by atoms with van der Waals surface area (Å²) >= 11 is 1.90. The summed E-state index contributed by atoms with van der Waals surface area (Å²) in [6, 6.07) is 36.0. The molecule has 0 atom stereocenters. The van der Waals surface area contributed by atoms with E-state index >= 15 is 0 Å². The van der Waals surface area contributed by atoms with Gasteiger partial charge in [0.2, 0.25) is 0 Å². The number of thiophene rings is 1. The quantitative estimate of drug-likeness (QED) is 0.211. The number of benzene rings is 4. The highest BCUT2D eigenvalue weighted by atomic mass is 32.1. The van der Waals surface area contributed by atoms with Gasteiger partial charge in [-0.2, -0.15) is 5.10 Å². The predicted octanol–water partition coefficient (Wildman–Crippen LogP) is 9.88. The fourth-order valence-corrected chi connectivity index (χ4v) is 8.35. The molecule has 0 spiro atoms. The second kappa shape index (κ2) is 8.94. The molecule has 1 aliphatic rings. The third-order valence-corrected chi connectivity index (χ3v) is 10.2. The Morgan fingerprint density at radius 1 is 0.738 bits per heavy atom. The normalized spacial score (nSPS) is 13.4. The van der Waals surface area contributed by atoms with Crippen molar-refractivity contribution in [3.05, 3.63) is 115 Å². The SMILES string of the molecule is CC(C)c1cc2c(n1-c1cc(-n3c4ccccc4c4ccccc43)c3sc4ccccc4c3c1)-c1ccnn1CCC2. The molecule has 4 aromatic carbocycles. The van der Waals surface area contributed by atoms with E-state index in [0.29, 0.717) is 5.92 Å². The van der Waals surface area contributed by atoms with Crippen molar-refractivity contribution < 1.29 is 0 Å². The van der Waals surface area contributed by atoms with Crippen molar-refractivity contribution in [2.45, 2.75) is 39.2 Å². The lowest BCUT2D eigenvalue weighted by atomic mass is 10.1. The summed E-state index contributed by atoms with van der Waals surface area (Å²) in [6.45, 7) is 5.58. The van der Waals surface area contributed by atoms with E-state index in [-0.39, 0.29) is 0 Å². The van der Waals surface area contributed by atoms with Crippen LogP contribution in [0.5, 0.6) is 0 Å². The van der Waals surface area contributed by atoms with Crippen LogP contribution in [0.3, 0.4) is 0 Å². The Hall–Kier alpha value is -4.61. The Balaban J connectivity index is 1.45. The summed E-state index contributed by atoms with van der Waals surface area (Å²) in [5.74, 6) is 0.375. The van der Waals surface area contributed by atoms with Gasteiger partial charge in [0, 0.05) is 50.4 Å². The predicted molar refractivity (Wildman–Crippen MR) is 177 cm³/mol. The van der Waals surface area contributed by atoms with E-state index in [1.165, 1.54) is 76.0 Å². The van der Waals surface area contributed by atoms with Gasteiger partial charge in [0.05, 0.1) is 32.8 Å². The van der Waals surface area contributed by atoms with Gasteiger partial charge >= 0.3 is 0 Å². The molecule has 4 aromatic heterocycles. The fourth-order valence-electron chi connectivity index (χ4n) is 7.16. The molecule has 1 aliphatic heterocycles. The van der Waals surface area contributed by atoms with Gasteiger partial charge in [-0.05, 0) is 66.8 Å². The fraction of sp³-hybridized carbons (Fsp3) is 0.162. The molecule has 204 valence electrons. The minimum Gasteiger partial charge on any atom is -0.311 e. The molecule has 5 heteroatoms. The van der Waals surface area contributed by atoms with E-state index in [9.17, 15) is 0 Å². The highest BCUT2D eigenvalue weighted by Gasteiger charge is 2.26. The summed E-state index contributed by atoms with van der Waals surface area (Å²) in [6.07, 6.45) is 4.12. The van der Waals surface area contributed by atoms with E-state index in [1.807, 2.05) is 17.5 Å². The molecule has 8 aromatic rings. The van der Waals surface area contributed by atoms with Crippen molar-refractivity contribution in [2.24, 2.45) is 0 Å². The van der Waals surface area contributed by atoms with Crippen molar-refractivity contribution in [1.82, 2.24) is 18.9 Å². The summed E-state index contributed by atoms with van der Waals surface area (Å²) in [7, 11) is 0. The summed E-state index contributed by atoms with van der Waals surface area (Å²) in [5, 5.41) is 9.91. The average Bonchev–Trinajstić information content (AvgIpc) is 3.77. The first-order valence-electron chi connectivity index (χ1n) is 14.9. The maximum Gasteiger partial charge on any atom is 0.0853 e. The molecule has 42 heavy (non-hydrogen) atoms. The summed E-state index contributed by atoms with van der Waals surface area (Å²) in [4.78, 5) is 0. The number of aryl methyl sites for hydroxylation is 2. The van der Waals surface area contributed by atoms with Crippen LogP contribution < -0.4 is 0 Å². The van der Waals surface area contributed by atoms with E-state index in [2.05, 4.69) is 125 Å². The van der Waals surface area contributed by atoms with Gasteiger partial charge in [-0.3, -0.25) is 4.68 Å². The molecular weight excluding hydrogens is 533 g/mol. The van der Waals surface area contributed by atoms with Crippen LogP contribution in [0.1, 0.15) is 37.4 Å². The topological polar surface area (TPSA) is 27.7 Å². The molecular formula is C37H30N4S. The molecule has 5 heterocycles. The minimum atomic E-state index is 0.375. The highest BCUT2D eigenvalue weighted by molar-refractivity contribution is 7.26. The molecule has 0 unspecified atom stereocenters. The average molecular weight is 563 g/mol. The van der Waals surface area contributed by atoms with E-state index in [4.69, 9.17) is 5.10 Å². The van der Waals surface area contributed by atoms with E-state index < -0.39 is 0 Å². The first-order chi connectivity index (χ1) is 20.7. The highest BCUT2D eigenvalue weighted by Crippen LogP contribution is 2.44. The van der Waals surface area contributed by atoms with Crippen molar-refractivity contribution in [2.75, 3.05) is 0 Å². The van der Waals surface area contributed by atoms with Crippen LogP contribution in [0.25, 0.3) is 64.7 Å². The maximum absolute atomic E-state index is 4.71. The summed E-state index contributed by atoms with van der Waals surface area (Å²) in [5.41, 5.74) is 10.2. The number of para-hydroxylation sites is 2. The van der Waals surface area contributed by atoms with Gasteiger partial charge in [0.1, 0.15) is 0 Å². The molecule has 0 N–H and O–H groups in total. The van der Waals surface area contributed by atoms with Gasteiger partial charge in [-0.25, -0.2) is 0 Å². The van der Waals surface area contributed by atoms with Crippen LogP contribution in [0.2, 0.25) is 0 Å². The molecule has 9 rings (SSSR count). The first kappa shape index (κ1) is 24.0. The Labute approximate surface area is 248 Å². The zero-order chi connectivity index (χ0) is 27.9. The van der Waals surface area contributed by atoms with Gasteiger partial charge in [0.15, 0.2) is 0 Å². The number of hydrogen-bond acceptors (Lipinski definition) is 2. The number of fused-ring (bicyclic) bond motifs is 9. The molecule has 0 fully saturated rings. The Bertz CT molecular complexity index is 2270. The lowest BCUT2D eigenvalue weighted by Crippen LogP contribution is -2.08. The van der Waals surface area contributed by atoms with Crippen molar-refractivity contribution >= 4 is 53.3 Å². The monoisotopic (exact) mass is 562 g/mol. The van der Waals surface area contributed by atoms with Crippen molar-refractivity contribution in [1.29, 1.82) is 0 Å². The van der Waals surface area contributed by atoms with Gasteiger partial charge < -0.3 is 9.13 Å². The van der Waals surface area contributed by atoms with E-state index in [1.54, 1.807) is 0 Å². The summed E-state index contributed by atoms with van der Waals surface area (Å²) < 4.78 is 9.87. The second-order valence-corrected chi connectivity index (χ2v) is 12.8. The van der Waals surface area contributed by atoms with E-state index in [0.717, 1.165) is 19.4 Å². The first-order valence-corrected chi connectivity index (χ1v) is 15.7. The standard InChI is InChI=1S/C37H30N4S/c1-23(2)33-20-24-10-9-19-39-32(17-18-38-39)36(24)40(33)25-21-29-28-13-5-8-16-35(28)42-37(29)34(22-25)41-30-14-6-3-11-26(30)27-12-4-7-15-31(27)41/h3-8,11-18,20-23H,9-10,19H2,1-2H3. The van der Waals surface area contributed by atoms with Gasteiger partial charge in [-0.1, -0.05) is 68.4 Å². The lowest BCUT2D eigenvalue weighted by Gasteiger charge is -2.19. The number of nitrogens with zero attached hydrogens (tertiary/aromatic N) is 4.